The third-order valence-corrected chi connectivity index (χ3v) is 3.67. The highest BCUT2D eigenvalue weighted by atomic mass is 16.7. The van der Waals surface area contributed by atoms with Crippen LogP contribution in [0.1, 0.15) is 37.2 Å². The number of carbonyl (C=O) groups excluding carboxylic acids is 2. The van der Waals surface area contributed by atoms with E-state index in [-0.39, 0.29) is 18.4 Å². The monoisotopic (exact) mass is 345 g/mol. The van der Waals surface area contributed by atoms with Crippen molar-refractivity contribution >= 4 is 17.7 Å². The van der Waals surface area contributed by atoms with E-state index in [1.54, 1.807) is 29.1 Å². The van der Waals surface area contributed by atoms with Crippen LogP contribution in [0.25, 0.3) is 0 Å². The highest BCUT2D eigenvalue weighted by molar-refractivity contribution is 5.97. The SMILES string of the molecule is CC(C)n1nccc1NC(=O)[C@H](C)OC(=O)c1ccc2c(c1)OCO2. The highest BCUT2D eigenvalue weighted by Crippen LogP contribution is 2.32. The Morgan fingerprint density at radius 1 is 1.20 bits per heavy atom. The maximum absolute atomic E-state index is 12.3. The Morgan fingerprint density at radius 2 is 1.96 bits per heavy atom. The van der Waals surface area contributed by atoms with Gasteiger partial charge in [-0.3, -0.25) is 4.79 Å². The van der Waals surface area contributed by atoms with Crippen LogP contribution in [0.5, 0.6) is 11.5 Å². The van der Waals surface area contributed by atoms with Gasteiger partial charge in [-0.2, -0.15) is 5.10 Å². The first-order valence-electron chi connectivity index (χ1n) is 7.90. The minimum Gasteiger partial charge on any atom is -0.454 e. The molecule has 132 valence electrons. The van der Waals surface area contributed by atoms with Crippen molar-refractivity contribution in [2.45, 2.75) is 32.9 Å². The predicted molar refractivity (Wildman–Crippen MR) is 88.7 cm³/mol. The summed E-state index contributed by atoms with van der Waals surface area (Å²) in [5.41, 5.74) is 0.288. The molecule has 1 aromatic carbocycles. The molecule has 0 radical (unpaired) electrons. The van der Waals surface area contributed by atoms with Crippen molar-refractivity contribution in [3.63, 3.8) is 0 Å². The van der Waals surface area contributed by atoms with Crippen LogP contribution >= 0.6 is 0 Å². The summed E-state index contributed by atoms with van der Waals surface area (Å²) < 4.78 is 17.3. The minimum absolute atomic E-state index is 0.0942. The molecule has 8 nitrogen and oxygen atoms in total. The second-order valence-electron chi connectivity index (χ2n) is 5.86. The van der Waals surface area contributed by atoms with Crippen molar-refractivity contribution in [1.82, 2.24) is 9.78 Å². The summed E-state index contributed by atoms with van der Waals surface area (Å²) >= 11 is 0. The molecule has 3 rings (SSSR count). The van der Waals surface area contributed by atoms with Gasteiger partial charge in [-0.1, -0.05) is 0 Å². The normalized spacial score (nSPS) is 13.6. The molecule has 0 aliphatic carbocycles. The molecule has 0 unspecified atom stereocenters. The third kappa shape index (κ3) is 3.57. The zero-order chi connectivity index (χ0) is 18.0. The van der Waals surface area contributed by atoms with E-state index < -0.39 is 18.0 Å². The van der Waals surface area contributed by atoms with Crippen molar-refractivity contribution in [2.75, 3.05) is 12.1 Å². The number of nitrogens with zero attached hydrogens (tertiary/aromatic N) is 2. The number of anilines is 1. The summed E-state index contributed by atoms with van der Waals surface area (Å²) in [6.45, 7) is 5.53. The van der Waals surface area contributed by atoms with Gasteiger partial charge in [0.05, 0.1) is 11.8 Å². The van der Waals surface area contributed by atoms with E-state index in [1.165, 1.54) is 13.0 Å². The van der Waals surface area contributed by atoms with Gasteiger partial charge in [-0.25, -0.2) is 9.48 Å². The minimum atomic E-state index is -0.964. The van der Waals surface area contributed by atoms with E-state index in [0.29, 0.717) is 17.3 Å². The van der Waals surface area contributed by atoms with Gasteiger partial charge in [0.15, 0.2) is 17.6 Å². The second-order valence-corrected chi connectivity index (χ2v) is 5.86. The first-order chi connectivity index (χ1) is 12.0. The number of hydrogen-bond acceptors (Lipinski definition) is 6. The number of benzene rings is 1. The number of ether oxygens (including phenoxy) is 3. The lowest BCUT2D eigenvalue weighted by atomic mass is 10.2. The fraction of sp³-hybridized carbons (Fsp3) is 0.353. The topological polar surface area (TPSA) is 91.7 Å². The zero-order valence-electron chi connectivity index (χ0n) is 14.2. The maximum atomic E-state index is 12.3. The molecule has 8 heteroatoms. The van der Waals surface area contributed by atoms with Gasteiger partial charge in [0, 0.05) is 12.1 Å². The van der Waals surface area contributed by atoms with Gasteiger partial charge in [-0.15, -0.1) is 0 Å². The van der Waals surface area contributed by atoms with Gasteiger partial charge in [0.2, 0.25) is 6.79 Å². The first-order valence-corrected chi connectivity index (χ1v) is 7.90. The van der Waals surface area contributed by atoms with Gasteiger partial charge >= 0.3 is 5.97 Å². The average molecular weight is 345 g/mol. The van der Waals surface area contributed by atoms with Crippen molar-refractivity contribution in [3.05, 3.63) is 36.0 Å². The number of hydrogen-bond donors (Lipinski definition) is 1. The Labute approximate surface area is 144 Å². The molecule has 1 aromatic heterocycles. The summed E-state index contributed by atoms with van der Waals surface area (Å²) in [4.78, 5) is 24.5. The van der Waals surface area contributed by atoms with Gasteiger partial charge in [0.25, 0.3) is 5.91 Å². The van der Waals surface area contributed by atoms with Gasteiger partial charge < -0.3 is 19.5 Å². The number of fused-ring (bicyclic) bond motifs is 1. The second kappa shape index (κ2) is 6.84. The quantitative estimate of drug-likeness (QED) is 0.837. The lowest BCUT2D eigenvalue weighted by Gasteiger charge is -2.15. The number of esters is 1. The van der Waals surface area contributed by atoms with Crippen LogP contribution in [0.2, 0.25) is 0 Å². The largest absolute Gasteiger partial charge is 0.454 e. The van der Waals surface area contributed by atoms with Crippen LogP contribution in [0, 0.1) is 0 Å². The Kier molecular flexibility index (Phi) is 4.60. The molecule has 0 spiro atoms. The molecule has 1 N–H and O–H groups in total. The number of nitrogens with one attached hydrogen (secondary N) is 1. The summed E-state index contributed by atoms with van der Waals surface area (Å²) in [6, 6.07) is 6.50. The Hall–Kier alpha value is -3.03. The summed E-state index contributed by atoms with van der Waals surface area (Å²) in [6.07, 6.45) is 0.632. The van der Waals surface area contributed by atoms with E-state index >= 15 is 0 Å². The number of rotatable bonds is 5. The van der Waals surface area contributed by atoms with Crippen LogP contribution in [0.3, 0.4) is 0 Å². The molecule has 1 atom stereocenters. The van der Waals surface area contributed by atoms with Crippen molar-refractivity contribution in [3.8, 4) is 11.5 Å². The van der Waals surface area contributed by atoms with Gasteiger partial charge in [0.1, 0.15) is 5.82 Å². The van der Waals surface area contributed by atoms with E-state index in [2.05, 4.69) is 10.4 Å². The van der Waals surface area contributed by atoms with Crippen molar-refractivity contribution in [1.29, 1.82) is 0 Å². The van der Waals surface area contributed by atoms with E-state index in [0.717, 1.165) is 0 Å². The predicted octanol–water partition coefficient (Wildman–Crippen LogP) is 2.38. The zero-order valence-corrected chi connectivity index (χ0v) is 14.2. The van der Waals surface area contributed by atoms with E-state index in [9.17, 15) is 9.59 Å². The summed E-state index contributed by atoms with van der Waals surface area (Å²) in [7, 11) is 0. The van der Waals surface area contributed by atoms with Crippen molar-refractivity contribution in [2.24, 2.45) is 0 Å². The van der Waals surface area contributed by atoms with Crippen LogP contribution < -0.4 is 14.8 Å². The lowest BCUT2D eigenvalue weighted by molar-refractivity contribution is -0.123. The maximum Gasteiger partial charge on any atom is 0.339 e. The molecular formula is C17H19N3O5. The number of aromatic nitrogens is 2. The van der Waals surface area contributed by atoms with Crippen LogP contribution in [-0.4, -0.2) is 34.6 Å². The molecule has 2 heterocycles. The molecule has 1 amide bonds. The molecule has 0 saturated heterocycles. The molecule has 25 heavy (non-hydrogen) atoms. The molecule has 1 aliphatic heterocycles. The first kappa shape index (κ1) is 16.8. The Morgan fingerprint density at radius 3 is 2.72 bits per heavy atom. The van der Waals surface area contributed by atoms with Crippen LogP contribution in [0.15, 0.2) is 30.5 Å². The highest BCUT2D eigenvalue weighted by Gasteiger charge is 2.22. The summed E-state index contributed by atoms with van der Waals surface area (Å²) in [5.74, 6) is 0.553. The molecule has 1 aliphatic rings. The van der Waals surface area contributed by atoms with Crippen molar-refractivity contribution < 1.29 is 23.8 Å². The number of amides is 1. The van der Waals surface area contributed by atoms with Crippen LogP contribution in [0.4, 0.5) is 5.82 Å². The third-order valence-electron chi connectivity index (χ3n) is 3.67. The van der Waals surface area contributed by atoms with Gasteiger partial charge in [-0.05, 0) is 39.0 Å². The molecule has 2 aromatic rings. The van der Waals surface area contributed by atoms with E-state index in [4.69, 9.17) is 14.2 Å². The summed E-state index contributed by atoms with van der Waals surface area (Å²) in [5, 5.41) is 6.85. The fourth-order valence-corrected chi connectivity index (χ4v) is 2.36. The molecular weight excluding hydrogens is 326 g/mol. The Bertz CT molecular complexity index is 799. The average Bonchev–Trinajstić information content (AvgIpc) is 3.22. The number of carbonyl (C=O) groups is 2. The fourth-order valence-electron chi connectivity index (χ4n) is 2.36. The smallest absolute Gasteiger partial charge is 0.339 e. The molecule has 0 saturated carbocycles. The van der Waals surface area contributed by atoms with E-state index in [1.807, 2.05) is 13.8 Å². The lowest BCUT2D eigenvalue weighted by Crippen LogP contribution is -2.31. The van der Waals surface area contributed by atoms with Crippen LogP contribution in [-0.2, 0) is 9.53 Å². The standard InChI is InChI=1S/C17H19N3O5/c1-10(2)20-15(6-7-18-20)19-16(21)11(3)25-17(22)12-4-5-13-14(8-12)24-9-23-13/h4-8,10-11H,9H2,1-3H3,(H,19,21)/t11-/m0/s1. The molecule has 0 bridgehead atoms. The molecule has 0 fully saturated rings. The Balaban J connectivity index is 1.63.